The molecule has 0 spiro atoms. The van der Waals surface area contributed by atoms with E-state index in [1.807, 2.05) is 78.9 Å². The number of ketones is 1. The molecule has 0 saturated heterocycles. The first kappa shape index (κ1) is 28.2. The van der Waals surface area contributed by atoms with Crippen LogP contribution in [-0.4, -0.2) is 45.2 Å². The summed E-state index contributed by atoms with van der Waals surface area (Å²) < 4.78 is 16.2. The monoisotopic (exact) mass is 538 g/mol. The van der Waals surface area contributed by atoms with Crippen LogP contribution in [0.4, 0.5) is 11.4 Å². The van der Waals surface area contributed by atoms with Gasteiger partial charge in [0.15, 0.2) is 5.78 Å². The number of para-hydroxylation sites is 1. The first-order chi connectivity index (χ1) is 19.6. The largest absolute Gasteiger partial charge is 0.497 e. The molecule has 1 atom stereocenters. The van der Waals surface area contributed by atoms with Crippen LogP contribution >= 0.6 is 0 Å². The van der Waals surface area contributed by atoms with Crippen LogP contribution in [0.2, 0.25) is 0 Å². The Balaban J connectivity index is 1.33. The van der Waals surface area contributed by atoms with Crippen LogP contribution in [0.15, 0.2) is 103 Å². The van der Waals surface area contributed by atoms with Crippen LogP contribution in [-0.2, 0) is 16.0 Å². The Hall–Kier alpha value is -4.78. The molecule has 0 amide bonds. The fourth-order valence-electron chi connectivity index (χ4n) is 4.26. The minimum atomic E-state index is -0.677. The molecular weight excluding hydrogens is 504 g/mol. The van der Waals surface area contributed by atoms with Crippen molar-refractivity contribution in [1.29, 1.82) is 0 Å². The number of carbonyl (C=O) groups is 2. The molecule has 7 heteroatoms. The quantitative estimate of drug-likeness (QED) is 0.116. The number of methoxy groups -OCH3 is 2. The smallest absolute Gasteiger partial charge is 0.328 e. The first-order valence-electron chi connectivity index (χ1n) is 13.2. The lowest BCUT2D eigenvalue weighted by atomic mass is 10.00. The van der Waals surface area contributed by atoms with Crippen molar-refractivity contribution < 1.29 is 23.8 Å². The molecule has 40 heavy (non-hydrogen) atoms. The zero-order valence-electron chi connectivity index (χ0n) is 22.8. The molecule has 2 N–H and O–H groups in total. The van der Waals surface area contributed by atoms with Gasteiger partial charge >= 0.3 is 5.97 Å². The molecule has 0 radical (unpaired) electrons. The van der Waals surface area contributed by atoms with E-state index >= 15 is 0 Å². The lowest BCUT2D eigenvalue weighted by Gasteiger charge is -2.20. The van der Waals surface area contributed by atoms with Gasteiger partial charge in [0.05, 0.1) is 20.8 Å². The third-order valence-corrected chi connectivity index (χ3v) is 6.37. The molecule has 4 rings (SSSR count). The predicted molar refractivity (Wildman–Crippen MR) is 157 cm³/mol. The maximum absolute atomic E-state index is 13.1. The molecule has 7 nitrogen and oxygen atoms in total. The van der Waals surface area contributed by atoms with Crippen LogP contribution in [0.3, 0.4) is 0 Å². The van der Waals surface area contributed by atoms with Crippen molar-refractivity contribution >= 4 is 23.1 Å². The first-order valence-corrected chi connectivity index (χ1v) is 13.2. The molecule has 4 aromatic rings. The Bertz CT molecular complexity index is 1390. The normalized spacial score (nSPS) is 11.2. The highest BCUT2D eigenvalue weighted by molar-refractivity contribution is 6.12. The van der Waals surface area contributed by atoms with Gasteiger partial charge in [-0.1, -0.05) is 60.7 Å². The fraction of sp³-hybridized carbons (Fsp3) is 0.212. The summed E-state index contributed by atoms with van der Waals surface area (Å²) in [6, 6.07) is 31.0. The van der Waals surface area contributed by atoms with Gasteiger partial charge in [-0.25, -0.2) is 4.79 Å². The molecule has 0 saturated carbocycles. The van der Waals surface area contributed by atoms with Gasteiger partial charge in [-0.05, 0) is 48.4 Å². The molecule has 1 unspecified atom stereocenters. The van der Waals surface area contributed by atoms with Crippen molar-refractivity contribution in [1.82, 2.24) is 0 Å². The number of hydrogen-bond donors (Lipinski definition) is 2. The lowest BCUT2D eigenvalue weighted by Crippen LogP contribution is -2.33. The summed E-state index contributed by atoms with van der Waals surface area (Å²) in [6.07, 6.45) is 1.21. The van der Waals surface area contributed by atoms with E-state index in [1.54, 1.807) is 31.4 Å². The molecule has 0 bridgehead atoms. The number of ether oxygens (including phenoxy) is 3. The Labute approximate surface area is 235 Å². The van der Waals surface area contributed by atoms with E-state index in [1.165, 1.54) is 7.11 Å². The van der Waals surface area contributed by atoms with Gasteiger partial charge in [-0.15, -0.1) is 0 Å². The summed E-state index contributed by atoms with van der Waals surface area (Å²) in [5.41, 5.74) is 3.59. The second-order valence-corrected chi connectivity index (χ2v) is 9.17. The average Bonchev–Trinajstić information content (AvgIpc) is 3.01. The van der Waals surface area contributed by atoms with Gasteiger partial charge in [0.1, 0.15) is 17.5 Å². The zero-order valence-corrected chi connectivity index (χ0v) is 22.8. The molecule has 0 aliphatic carbocycles. The van der Waals surface area contributed by atoms with Crippen molar-refractivity contribution in [3.05, 3.63) is 120 Å². The minimum Gasteiger partial charge on any atom is -0.497 e. The Morgan fingerprint density at radius 1 is 0.800 bits per heavy atom. The van der Waals surface area contributed by atoms with Crippen LogP contribution in [0.1, 0.15) is 27.9 Å². The van der Waals surface area contributed by atoms with Gasteiger partial charge in [-0.3, -0.25) is 4.79 Å². The van der Waals surface area contributed by atoms with Crippen molar-refractivity contribution in [2.75, 3.05) is 38.0 Å². The molecule has 0 aliphatic heterocycles. The lowest BCUT2D eigenvalue weighted by molar-refractivity contribution is -0.141. The maximum Gasteiger partial charge on any atom is 0.328 e. The summed E-state index contributed by atoms with van der Waals surface area (Å²) in [5.74, 6) is 1.04. The Morgan fingerprint density at radius 2 is 1.55 bits per heavy atom. The Kier molecular flexibility index (Phi) is 10.2. The third kappa shape index (κ3) is 7.86. The van der Waals surface area contributed by atoms with Gasteiger partial charge in [0, 0.05) is 41.5 Å². The maximum atomic E-state index is 13.1. The van der Waals surface area contributed by atoms with E-state index in [9.17, 15) is 9.59 Å². The van der Waals surface area contributed by atoms with Crippen LogP contribution < -0.4 is 20.1 Å². The SMILES string of the molecule is COC(=O)C(Cc1ccc(OCCCNc2cccc(OC)c2)cc1)Nc1ccccc1C(=O)c1ccccc1. The van der Waals surface area contributed by atoms with E-state index in [0.717, 1.165) is 35.7 Å². The summed E-state index contributed by atoms with van der Waals surface area (Å²) in [5, 5.41) is 6.60. The van der Waals surface area contributed by atoms with Crippen molar-refractivity contribution in [2.24, 2.45) is 0 Å². The summed E-state index contributed by atoms with van der Waals surface area (Å²) in [7, 11) is 3.01. The molecule has 0 heterocycles. The number of anilines is 2. The van der Waals surface area contributed by atoms with Gasteiger partial charge < -0.3 is 24.8 Å². The van der Waals surface area contributed by atoms with Gasteiger partial charge in [0.2, 0.25) is 0 Å². The molecular formula is C33H34N2O5. The summed E-state index contributed by atoms with van der Waals surface area (Å²) >= 11 is 0. The number of hydrogen-bond acceptors (Lipinski definition) is 7. The van der Waals surface area contributed by atoms with Crippen LogP contribution in [0.25, 0.3) is 0 Å². The van der Waals surface area contributed by atoms with Crippen LogP contribution in [0.5, 0.6) is 11.5 Å². The molecule has 0 fully saturated rings. The topological polar surface area (TPSA) is 85.9 Å². The molecule has 4 aromatic carbocycles. The second kappa shape index (κ2) is 14.4. The molecule has 0 aromatic heterocycles. The number of esters is 1. The van der Waals surface area contributed by atoms with Crippen LogP contribution in [0, 0.1) is 0 Å². The van der Waals surface area contributed by atoms with Gasteiger partial charge in [0.25, 0.3) is 0 Å². The highest BCUT2D eigenvalue weighted by Crippen LogP contribution is 2.22. The molecule has 0 aliphatic rings. The average molecular weight is 539 g/mol. The fourth-order valence-corrected chi connectivity index (χ4v) is 4.26. The minimum absolute atomic E-state index is 0.118. The van der Waals surface area contributed by atoms with E-state index in [0.29, 0.717) is 29.8 Å². The highest BCUT2D eigenvalue weighted by atomic mass is 16.5. The standard InChI is InChI=1S/C33H34N2O5/c1-38-28-13-8-12-26(23-28)34-20-9-21-40-27-18-16-24(17-19-27)22-31(33(37)39-2)35-30-15-7-6-14-29(30)32(36)25-10-4-3-5-11-25/h3-8,10-19,23,31,34-35H,9,20-22H2,1-2H3. The van der Waals surface area contributed by atoms with E-state index < -0.39 is 12.0 Å². The van der Waals surface area contributed by atoms with Gasteiger partial charge in [-0.2, -0.15) is 0 Å². The third-order valence-electron chi connectivity index (χ3n) is 6.37. The number of rotatable bonds is 14. The molecule has 206 valence electrons. The van der Waals surface area contributed by atoms with E-state index in [2.05, 4.69) is 10.6 Å². The summed E-state index contributed by atoms with van der Waals surface area (Å²) in [6.45, 7) is 1.33. The summed E-state index contributed by atoms with van der Waals surface area (Å²) in [4.78, 5) is 25.8. The highest BCUT2D eigenvalue weighted by Gasteiger charge is 2.22. The second-order valence-electron chi connectivity index (χ2n) is 9.17. The number of nitrogens with one attached hydrogen (secondary N) is 2. The number of carbonyl (C=O) groups excluding carboxylic acids is 2. The van der Waals surface area contributed by atoms with Crippen molar-refractivity contribution in [2.45, 2.75) is 18.9 Å². The number of benzene rings is 4. The Morgan fingerprint density at radius 3 is 2.30 bits per heavy atom. The predicted octanol–water partition coefficient (Wildman–Crippen LogP) is 6.00. The van der Waals surface area contributed by atoms with Crippen molar-refractivity contribution in [3.8, 4) is 11.5 Å². The zero-order chi connectivity index (χ0) is 28.2. The van der Waals surface area contributed by atoms with E-state index in [4.69, 9.17) is 14.2 Å². The van der Waals surface area contributed by atoms with E-state index in [-0.39, 0.29) is 5.78 Å². The van der Waals surface area contributed by atoms with Crippen molar-refractivity contribution in [3.63, 3.8) is 0 Å².